The zero-order valence-electron chi connectivity index (χ0n) is 14.2. The molecule has 0 unspecified atom stereocenters. The number of hydrogen-bond donors (Lipinski definition) is 1. The third-order valence-corrected chi connectivity index (χ3v) is 5.65. The SMILES string of the molecule is CS(=O)(=O)N1CCN(CCNC(=O)c2ccc3ccccc3n2)CC1. The highest BCUT2D eigenvalue weighted by molar-refractivity contribution is 7.88. The molecule has 1 saturated heterocycles. The van der Waals surface area contributed by atoms with Gasteiger partial charge in [-0.2, -0.15) is 4.31 Å². The second-order valence-electron chi connectivity index (χ2n) is 6.15. The Labute approximate surface area is 147 Å². The van der Waals surface area contributed by atoms with Gasteiger partial charge in [-0.25, -0.2) is 13.4 Å². The van der Waals surface area contributed by atoms with Crippen molar-refractivity contribution in [2.24, 2.45) is 0 Å². The van der Waals surface area contributed by atoms with E-state index in [0.717, 1.165) is 10.9 Å². The number of pyridine rings is 1. The van der Waals surface area contributed by atoms with Crippen molar-refractivity contribution < 1.29 is 13.2 Å². The Morgan fingerprint density at radius 3 is 2.56 bits per heavy atom. The van der Waals surface area contributed by atoms with Crippen LogP contribution in [0.25, 0.3) is 10.9 Å². The molecule has 134 valence electrons. The van der Waals surface area contributed by atoms with Crippen LogP contribution < -0.4 is 5.32 Å². The van der Waals surface area contributed by atoms with E-state index >= 15 is 0 Å². The topological polar surface area (TPSA) is 82.6 Å². The van der Waals surface area contributed by atoms with Crippen LogP contribution in [0.4, 0.5) is 0 Å². The molecule has 1 aliphatic heterocycles. The summed E-state index contributed by atoms with van der Waals surface area (Å²) in [6.45, 7) is 3.55. The third kappa shape index (κ3) is 4.53. The van der Waals surface area contributed by atoms with E-state index < -0.39 is 10.0 Å². The van der Waals surface area contributed by atoms with Crippen LogP contribution in [0.15, 0.2) is 36.4 Å². The molecule has 0 saturated carbocycles. The predicted octanol–water partition coefficient (Wildman–Crippen LogP) is 0.542. The second kappa shape index (κ2) is 7.47. The lowest BCUT2D eigenvalue weighted by atomic mass is 10.2. The number of carbonyl (C=O) groups excluding carboxylic acids is 1. The van der Waals surface area contributed by atoms with Crippen LogP contribution in [0.3, 0.4) is 0 Å². The number of aromatic nitrogens is 1. The molecular formula is C17H22N4O3S. The molecule has 1 amide bonds. The maximum Gasteiger partial charge on any atom is 0.269 e. The van der Waals surface area contributed by atoms with Gasteiger partial charge in [0, 0.05) is 44.7 Å². The number of sulfonamides is 1. The van der Waals surface area contributed by atoms with Crippen LogP contribution in [0, 0.1) is 0 Å². The van der Waals surface area contributed by atoms with Gasteiger partial charge in [-0.15, -0.1) is 0 Å². The van der Waals surface area contributed by atoms with Gasteiger partial charge in [0.1, 0.15) is 5.69 Å². The number of benzene rings is 1. The van der Waals surface area contributed by atoms with Gasteiger partial charge in [-0.05, 0) is 12.1 Å². The van der Waals surface area contributed by atoms with Crippen molar-refractivity contribution in [3.63, 3.8) is 0 Å². The van der Waals surface area contributed by atoms with E-state index in [4.69, 9.17) is 0 Å². The van der Waals surface area contributed by atoms with E-state index in [1.165, 1.54) is 10.6 Å². The van der Waals surface area contributed by atoms with Gasteiger partial charge in [-0.1, -0.05) is 24.3 Å². The van der Waals surface area contributed by atoms with Crippen LogP contribution in [-0.2, 0) is 10.0 Å². The van der Waals surface area contributed by atoms with E-state index in [0.29, 0.717) is 45.0 Å². The summed E-state index contributed by atoms with van der Waals surface area (Å²) in [6.07, 6.45) is 1.24. The van der Waals surface area contributed by atoms with Gasteiger partial charge in [0.05, 0.1) is 11.8 Å². The summed E-state index contributed by atoms with van der Waals surface area (Å²) in [5.41, 5.74) is 1.20. The first kappa shape index (κ1) is 17.8. The summed E-state index contributed by atoms with van der Waals surface area (Å²) in [5.74, 6) is -0.194. The first-order valence-corrected chi connectivity index (χ1v) is 10.1. The van der Waals surface area contributed by atoms with Crippen molar-refractivity contribution in [3.8, 4) is 0 Å². The average Bonchev–Trinajstić information content (AvgIpc) is 2.61. The molecule has 1 N–H and O–H groups in total. The number of fused-ring (bicyclic) bond motifs is 1. The largest absolute Gasteiger partial charge is 0.349 e. The van der Waals surface area contributed by atoms with Crippen molar-refractivity contribution >= 4 is 26.8 Å². The smallest absolute Gasteiger partial charge is 0.269 e. The quantitative estimate of drug-likeness (QED) is 0.840. The molecule has 2 aromatic rings. The van der Waals surface area contributed by atoms with E-state index in [2.05, 4.69) is 15.2 Å². The van der Waals surface area contributed by atoms with Crippen LogP contribution in [0.2, 0.25) is 0 Å². The lowest BCUT2D eigenvalue weighted by Crippen LogP contribution is -2.49. The van der Waals surface area contributed by atoms with Gasteiger partial charge in [0.15, 0.2) is 0 Å². The lowest BCUT2D eigenvalue weighted by Gasteiger charge is -2.33. The van der Waals surface area contributed by atoms with Crippen molar-refractivity contribution in [3.05, 3.63) is 42.1 Å². The molecule has 1 aromatic heterocycles. The van der Waals surface area contributed by atoms with Crippen LogP contribution in [0.5, 0.6) is 0 Å². The maximum absolute atomic E-state index is 12.2. The summed E-state index contributed by atoms with van der Waals surface area (Å²) in [7, 11) is -3.11. The Morgan fingerprint density at radius 2 is 1.84 bits per heavy atom. The third-order valence-electron chi connectivity index (χ3n) is 4.34. The first-order valence-electron chi connectivity index (χ1n) is 8.25. The van der Waals surface area contributed by atoms with E-state index in [-0.39, 0.29) is 5.91 Å². The van der Waals surface area contributed by atoms with Crippen LogP contribution in [0.1, 0.15) is 10.5 Å². The van der Waals surface area contributed by atoms with Crippen LogP contribution in [-0.4, -0.2) is 74.0 Å². The lowest BCUT2D eigenvalue weighted by molar-refractivity contribution is 0.0940. The molecule has 8 heteroatoms. The monoisotopic (exact) mass is 362 g/mol. The number of para-hydroxylation sites is 1. The number of piperazine rings is 1. The maximum atomic E-state index is 12.2. The molecule has 1 aromatic carbocycles. The Bertz CT molecular complexity index is 861. The van der Waals surface area contributed by atoms with Crippen molar-refractivity contribution in [1.29, 1.82) is 0 Å². The van der Waals surface area contributed by atoms with Crippen LogP contribution >= 0.6 is 0 Å². The molecule has 0 radical (unpaired) electrons. The number of nitrogens with zero attached hydrogens (tertiary/aromatic N) is 3. The standard InChI is InChI=1S/C17H22N4O3S/c1-25(23,24)21-12-10-20(11-13-21)9-8-18-17(22)16-7-6-14-4-2-3-5-15(14)19-16/h2-7H,8-13H2,1H3,(H,18,22). The fourth-order valence-electron chi connectivity index (χ4n) is 2.90. The molecule has 0 spiro atoms. The second-order valence-corrected chi connectivity index (χ2v) is 8.13. The molecule has 2 heterocycles. The fraction of sp³-hybridized carbons (Fsp3) is 0.412. The molecule has 25 heavy (non-hydrogen) atoms. The van der Waals surface area contributed by atoms with E-state index in [1.807, 2.05) is 30.3 Å². The molecule has 0 aliphatic carbocycles. The first-order chi connectivity index (χ1) is 11.9. The summed E-state index contributed by atoms with van der Waals surface area (Å²) in [5, 5.41) is 3.88. The molecule has 3 rings (SSSR count). The number of hydrogen-bond acceptors (Lipinski definition) is 5. The van der Waals surface area contributed by atoms with Crippen molar-refractivity contribution in [2.45, 2.75) is 0 Å². The van der Waals surface area contributed by atoms with Gasteiger partial charge in [-0.3, -0.25) is 9.69 Å². The van der Waals surface area contributed by atoms with Crippen molar-refractivity contribution in [2.75, 3.05) is 45.5 Å². The number of rotatable bonds is 5. The Hall–Kier alpha value is -2.03. The Morgan fingerprint density at radius 1 is 1.12 bits per heavy atom. The molecule has 0 atom stereocenters. The summed E-state index contributed by atoms with van der Waals surface area (Å²) in [6, 6.07) is 11.3. The molecule has 0 bridgehead atoms. The average molecular weight is 362 g/mol. The van der Waals surface area contributed by atoms with E-state index in [1.54, 1.807) is 6.07 Å². The number of amides is 1. The molecule has 7 nitrogen and oxygen atoms in total. The number of carbonyl (C=O) groups is 1. The van der Waals surface area contributed by atoms with E-state index in [9.17, 15) is 13.2 Å². The minimum atomic E-state index is -3.11. The zero-order chi connectivity index (χ0) is 17.9. The minimum absolute atomic E-state index is 0.194. The van der Waals surface area contributed by atoms with Gasteiger partial charge in [0.2, 0.25) is 10.0 Å². The highest BCUT2D eigenvalue weighted by atomic mass is 32.2. The molecule has 1 aliphatic rings. The van der Waals surface area contributed by atoms with Gasteiger partial charge >= 0.3 is 0 Å². The predicted molar refractivity (Wildman–Crippen MR) is 96.9 cm³/mol. The summed E-state index contributed by atoms with van der Waals surface area (Å²) < 4.78 is 24.5. The highest BCUT2D eigenvalue weighted by Gasteiger charge is 2.23. The van der Waals surface area contributed by atoms with Gasteiger partial charge in [0.25, 0.3) is 5.91 Å². The summed E-state index contributed by atoms with van der Waals surface area (Å²) in [4.78, 5) is 18.8. The molecule has 1 fully saturated rings. The zero-order valence-corrected chi connectivity index (χ0v) is 15.0. The Kier molecular flexibility index (Phi) is 5.31. The number of nitrogens with one attached hydrogen (secondary N) is 1. The minimum Gasteiger partial charge on any atom is -0.349 e. The highest BCUT2D eigenvalue weighted by Crippen LogP contribution is 2.11. The van der Waals surface area contributed by atoms with Crippen molar-refractivity contribution in [1.82, 2.24) is 19.5 Å². The Balaban J connectivity index is 1.48. The van der Waals surface area contributed by atoms with Gasteiger partial charge < -0.3 is 5.32 Å². The summed E-state index contributed by atoms with van der Waals surface area (Å²) >= 11 is 0. The molecular weight excluding hydrogens is 340 g/mol. The fourth-order valence-corrected chi connectivity index (χ4v) is 3.72. The normalized spacial score (nSPS) is 16.8.